The molecule has 3 rings (SSSR count). The van der Waals surface area contributed by atoms with Gasteiger partial charge in [-0.05, 0) is 75.2 Å². The lowest BCUT2D eigenvalue weighted by Gasteiger charge is -2.27. The number of carbonyl (C=O) groups is 1. The van der Waals surface area contributed by atoms with E-state index in [1.165, 1.54) is 24.8 Å². The summed E-state index contributed by atoms with van der Waals surface area (Å²) in [6.45, 7) is 4.20. The van der Waals surface area contributed by atoms with Gasteiger partial charge in [0.15, 0.2) is 0 Å². The highest BCUT2D eigenvalue weighted by Crippen LogP contribution is 2.27. The Kier molecular flexibility index (Phi) is 5.65. The van der Waals surface area contributed by atoms with E-state index in [2.05, 4.69) is 28.8 Å². The van der Waals surface area contributed by atoms with Crippen LogP contribution < -0.4 is 10.6 Å². The Balaban J connectivity index is 0.00000161. The molecule has 116 valence electrons. The van der Waals surface area contributed by atoms with Crippen molar-refractivity contribution < 1.29 is 4.79 Å². The lowest BCUT2D eigenvalue weighted by molar-refractivity contribution is 0.0916. The lowest BCUT2D eigenvalue weighted by Crippen LogP contribution is -2.39. The first-order chi connectivity index (χ1) is 9.74. The standard InChI is InChI=1S/C17H24N2O.ClH/c1-12-5-6-14(13-7-9-18-10-8-13)11-16(12)17(20)19-15-3-2-4-15;/h5-6,11,13,15,18H,2-4,7-10H2,1H3,(H,19,20);1H. The number of benzene rings is 1. The fourth-order valence-corrected chi connectivity index (χ4v) is 3.11. The quantitative estimate of drug-likeness (QED) is 0.900. The van der Waals surface area contributed by atoms with Crippen molar-refractivity contribution in [3.63, 3.8) is 0 Å². The maximum absolute atomic E-state index is 12.4. The molecule has 1 saturated heterocycles. The van der Waals surface area contributed by atoms with Crippen LogP contribution in [-0.2, 0) is 0 Å². The summed E-state index contributed by atoms with van der Waals surface area (Å²) in [4.78, 5) is 12.4. The van der Waals surface area contributed by atoms with Crippen LogP contribution in [-0.4, -0.2) is 25.0 Å². The minimum atomic E-state index is 0. The van der Waals surface area contributed by atoms with E-state index in [-0.39, 0.29) is 18.3 Å². The first kappa shape index (κ1) is 16.3. The van der Waals surface area contributed by atoms with Crippen LogP contribution in [0.1, 0.15) is 59.5 Å². The summed E-state index contributed by atoms with van der Waals surface area (Å²) in [5.74, 6) is 0.718. The Hall–Kier alpha value is -1.06. The van der Waals surface area contributed by atoms with E-state index in [1.54, 1.807) is 0 Å². The van der Waals surface area contributed by atoms with Crippen molar-refractivity contribution in [2.45, 2.75) is 51.0 Å². The molecular formula is C17H25ClN2O. The zero-order chi connectivity index (χ0) is 13.9. The maximum Gasteiger partial charge on any atom is 0.251 e. The predicted octanol–water partition coefficient (Wildman–Crippen LogP) is 3.17. The number of piperidine rings is 1. The van der Waals surface area contributed by atoms with Crippen LogP contribution in [0.5, 0.6) is 0 Å². The number of hydrogen-bond acceptors (Lipinski definition) is 2. The van der Waals surface area contributed by atoms with Crippen LogP contribution in [0.15, 0.2) is 18.2 Å². The zero-order valence-corrected chi connectivity index (χ0v) is 13.5. The molecule has 0 bridgehead atoms. The second-order valence-electron chi connectivity index (χ2n) is 6.20. The zero-order valence-electron chi connectivity index (χ0n) is 12.7. The van der Waals surface area contributed by atoms with Crippen LogP contribution in [0.3, 0.4) is 0 Å². The molecule has 1 amide bonds. The average molecular weight is 309 g/mol. The molecule has 0 unspecified atom stereocenters. The van der Waals surface area contributed by atoms with E-state index in [1.807, 2.05) is 6.92 Å². The second-order valence-corrected chi connectivity index (χ2v) is 6.20. The van der Waals surface area contributed by atoms with Crippen molar-refractivity contribution in [1.82, 2.24) is 10.6 Å². The van der Waals surface area contributed by atoms with Crippen LogP contribution in [0.4, 0.5) is 0 Å². The van der Waals surface area contributed by atoms with Gasteiger partial charge in [0.1, 0.15) is 0 Å². The van der Waals surface area contributed by atoms with Crippen molar-refractivity contribution in [3.8, 4) is 0 Å². The van der Waals surface area contributed by atoms with Crippen LogP contribution in [0.25, 0.3) is 0 Å². The monoisotopic (exact) mass is 308 g/mol. The maximum atomic E-state index is 12.4. The third-order valence-corrected chi connectivity index (χ3v) is 4.76. The van der Waals surface area contributed by atoms with Gasteiger partial charge in [0, 0.05) is 11.6 Å². The van der Waals surface area contributed by atoms with Gasteiger partial charge in [-0.25, -0.2) is 0 Å². The Bertz CT molecular complexity index is 494. The van der Waals surface area contributed by atoms with Gasteiger partial charge in [-0.1, -0.05) is 12.1 Å². The fraction of sp³-hybridized carbons (Fsp3) is 0.588. The summed E-state index contributed by atoms with van der Waals surface area (Å²) in [7, 11) is 0. The topological polar surface area (TPSA) is 41.1 Å². The highest BCUT2D eigenvalue weighted by molar-refractivity contribution is 5.96. The molecule has 1 aromatic carbocycles. The summed E-state index contributed by atoms with van der Waals surface area (Å²) in [6.07, 6.45) is 5.87. The predicted molar refractivity (Wildman–Crippen MR) is 88.4 cm³/mol. The molecule has 0 atom stereocenters. The molecule has 0 spiro atoms. The SMILES string of the molecule is Cc1ccc(C2CCNCC2)cc1C(=O)NC1CCC1.Cl. The smallest absolute Gasteiger partial charge is 0.251 e. The molecule has 1 heterocycles. The third kappa shape index (κ3) is 3.78. The first-order valence-electron chi connectivity index (χ1n) is 7.86. The van der Waals surface area contributed by atoms with E-state index in [0.29, 0.717) is 12.0 Å². The van der Waals surface area contributed by atoms with E-state index in [0.717, 1.165) is 37.1 Å². The van der Waals surface area contributed by atoms with E-state index >= 15 is 0 Å². The second kappa shape index (κ2) is 7.28. The molecule has 3 nitrogen and oxygen atoms in total. The van der Waals surface area contributed by atoms with Crippen molar-refractivity contribution in [2.75, 3.05) is 13.1 Å². The summed E-state index contributed by atoms with van der Waals surface area (Å²) in [6, 6.07) is 6.84. The van der Waals surface area contributed by atoms with Crippen molar-refractivity contribution in [3.05, 3.63) is 34.9 Å². The van der Waals surface area contributed by atoms with Crippen molar-refractivity contribution in [2.24, 2.45) is 0 Å². The molecule has 21 heavy (non-hydrogen) atoms. The molecule has 0 aromatic heterocycles. The lowest BCUT2D eigenvalue weighted by atomic mass is 9.88. The van der Waals surface area contributed by atoms with Gasteiger partial charge in [-0.3, -0.25) is 4.79 Å². The van der Waals surface area contributed by atoms with Crippen molar-refractivity contribution >= 4 is 18.3 Å². The van der Waals surface area contributed by atoms with E-state index in [9.17, 15) is 4.79 Å². The molecule has 1 saturated carbocycles. The Labute approximate surface area is 133 Å². The van der Waals surface area contributed by atoms with Gasteiger partial charge in [0.05, 0.1) is 0 Å². The molecule has 2 fully saturated rings. The molecule has 1 aliphatic heterocycles. The highest BCUT2D eigenvalue weighted by Gasteiger charge is 2.22. The van der Waals surface area contributed by atoms with E-state index < -0.39 is 0 Å². The van der Waals surface area contributed by atoms with Crippen LogP contribution in [0, 0.1) is 6.92 Å². The van der Waals surface area contributed by atoms with Crippen molar-refractivity contribution in [1.29, 1.82) is 0 Å². The van der Waals surface area contributed by atoms with Gasteiger partial charge in [0.2, 0.25) is 0 Å². The molecule has 0 radical (unpaired) electrons. The van der Waals surface area contributed by atoms with Gasteiger partial charge in [0.25, 0.3) is 5.91 Å². The van der Waals surface area contributed by atoms with Gasteiger partial charge < -0.3 is 10.6 Å². The van der Waals surface area contributed by atoms with Crippen LogP contribution in [0.2, 0.25) is 0 Å². The Morgan fingerprint density at radius 1 is 1.19 bits per heavy atom. The van der Waals surface area contributed by atoms with Crippen LogP contribution >= 0.6 is 12.4 Å². The number of amides is 1. The number of aryl methyl sites for hydroxylation is 1. The number of rotatable bonds is 3. The highest BCUT2D eigenvalue weighted by atomic mass is 35.5. The Morgan fingerprint density at radius 3 is 2.52 bits per heavy atom. The number of carbonyl (C=O) groups excluding carboxylic acids is 1. The molecule has 1 aromatic rings. The molecular weight excluding hydrogens is 284 g/mol. The Morgan fingerprint density at radius 2 is 1.90 bits per heavy atom. The van der Waals surface area contributed by atoms with Gasteiger partial charge in [-0.15, -0.1) is 12.4 Å². The molecule has 2 N–H and O–H groups in total. The van der Waals surface area contributed by atoms with E-state index in [4.69, 9.17) is 0 Å². The van der Waals surface area contributed by atoms with Gasteiger partial charge >= 0.3 is 0 Å². The molecule has 2 aliphatic rings. The number of halogens is 1. The minimum absolute atomic E-state index is 0. The normalized spacial score (nSPS) is 19.5. The van der Waals surface area contributed by atoms with Gasteiger partial charge in [-0.2, -0.15) is 0 Å². The fourth-order valence-electron chi connectivity index (χ4n) is 3.11. The third-order valence-electron chi connectivity index (χ3n) is 4.76. The molecule has 4 heteroatoms. The summed E-state index contributed by atoms with van der Waals surface area (Å²) < 4.78 is 0. The molecule has 1 aliphatic carbocycles. The summed E-state index contributed by atoms with van der Waals surface area (Å²) in [5.41, 5.74) is 3.28. The minimum Gasteiger partial charge on any atom is -0.349 e. The summed E-state index contributed by atoms with van der Waals surface area (Å²) in [5, 5.41) is 6.55. The number of hydrogen-bond donors (Lipinski definition) is 2. The first-order valence-corrected chi connectivity index (χ1v) is 7.86. The number of nitrogens with one attached hydrogen (secondary N) is 2. The largest absolute Gasteiger partial charge is 0.349 e. The average Bonchev–Trinajstić information content (AvgIpc) is 2.44. The summed E-state index contributed by atoms with van der Waals surface area (Å²) >= 11 is 0.